The average Bonchev–Trinajstić information content (AvgIpc) is 2.37. The Hall–Kier alpha value is -1.58. The van der Waals surface area contributed by atoms with Gasteiger partial charge < -0.3 is 10.5 Å². The molecule has 2 aromatic rings. The minimum absolute atomic E-state index is 0.215. The van der Waals surface area contributed by atoms with E-state index >= 15 is 0 Å². The Bertz CT molecular complexity index is 545. The molecule has 0 amide bonds. The summed E-state index contributed by atoms with van der Waals surface area (Å²) in [5.41, 5.74) is 7.06. The molecule has 0 aliphatic carbocycles. The van der Waals surface area contributed by atoms with Crippen molar-refractivity contribution in [3.8, 4) is 5.75 Å². The third kappa shape index (κ3) is 3.22. The molecule has 2 aromatic carbocycles. The highest BCUT2D eigenvalue weighted by Gasteiger charge is 2.04. The molecule has 0 saturated carbocycles. The minimum Gasteiger partial charge on any atom is -0.486 e. The highest BCUT2D eigenvalue weighted by Crippen LogP contribution is 2.20. The second-order valence-corrected chi connectivity index (χ2v) is 4.32. The van der Waals surface area contributed by atoms with Crippen LogP contribution in [0.4, 0.5) is 4.39 Å². The normalized spacial score (nSPS) is 10.4. The molecular formula is C14H13ClFNO. The first-order valence-corrected chi connectivity index (χ1v) is 5.92. The Morgan fingerprint density at radius 3 is 2.61 bits per heavy atom. The van der Waals surface area contributed by atoms with Crippen LogP contribution in [-0.2, 0) is 13.2 Å². The van der Waals surface area contributed by atoms with Crippen molar-refractivity contribution in [2.45, 2.75) is 13.2 Å². The fourth-order valence-corrected chi connectivity index (χ4v) is 1.79. The average molecular weight is 266 g/mol. The van der Waals surface area contributed by atoms with Crippen LogP contribution >= 0.6 is 11.6 Å². The molecule has 0 saturated heterocycles. The molecule has 0 spiro atoms. The molecule has 0 fully saturated rings. The molecule has 0 aliphatic heterocycles. The molecule has 2 rings (SSSR count). The van der Waals surface area contributed by atoms with Gasteiger partial charge in [-0.15, -0.1) is 0 Å². The van der Waals surface area contributed by atoms with Gasteiger partial charge in [0.25, 0.3) is 0 Å². The molecule has 0 unspecified atom stereocenters. The maximum atomic E-state index is 13.6. The van der Waals surface area contributed by atoms with Gasteiger partial charge in [0.2, 0.25) is 0 Å². The highest BCUT2D eigenvalue weighted by atomic mass is 35.5. The first-order valence-electron chi connectivity index (χ1n) is 5.55. The number of hydrogen-bond donors (Lipinski definition) is 1. The maximum Gasteiger partial charge on any atom is 0.165 e. The number of benzene rings is 2. The predicted molar refractivity (Wildman–Crippen MR) is 70.1 cm³/mol. The van der Waals surface area contributed by atoms with Crippen LogP contribution in [0.1, 0.15) is 11.1 Å². The van der Waals surface area contributed by atoms with Crippen LogP contribution in [0.25, 0.3) is 0 Å². The van der Waals surface area contributed by atoms with Gasteiger partial charge in [0, 0.05) is 11.6 Å². The molecule has 0 aliphatic rings. The smallest absolute Gasteiger partial charge is 0.165 e. The van der Waals surface area contributed by atoms with Crippen molar-refractivity contribution >= 4 is 11.6 Å². The monoisotopic (exact) mass is 265 g/mol. The van der Waals surface area contributed by atoms with Crippen LogP contribution in [0.5, 0.6) is 5.75 Å². The van der Waals surface area contributed by atoms with Crippen LogP contribution in [0.15, 0.2) is 42.5 Å². The maximum absolute atomic E-state index is 13.6. The molecule has 0 atom stereocenters. The van der Waals surface area contributed by atoms with Crippen LogP contribution in [-0.4, -0.2) is 0 Å². The van der Waals surface area contributed by atoms with Crippen molar-refractivity contribution in [1.82, 2.24) is 0 Å². The summed E-state index contributed by atoms with van der Waals surface area (Å²) < 4.78 is 19.0. The largest absolute Gasteiger partial charge is 0.486 e. The SMILES string of the molecule is NCc1ccc(OCc2cccc(Cl)c2)c(F)c1. The Labute approximate surface area is 110 Å². The first-order chi connectivity index (χ1) is 8.69. The predicted octanol–water partition coefficient (Wildman–Crippen LogP) is 3.52. The number of halogens is 2. The van der Waals surface area contributed by atoms with E-state index in [-0.39, 0.29) is 12.4 Å². The van der Waals surface area contributed by atoms with Gasteiger partial charge in [0.05, 0.1) is 0 Å². The third-order valence-electron chi connectivity index (χ3n) is 2.52. The van der Waals surface area contributed by atoms with Crippen molar-refractivity contribution < 1.29 is 9.13 Å². The number of hydrogen-bond acceptors (Lipinski definition) is 2. The number of nitrogens with two attached hydrogens (primary N) is 1. The van der Waals surface area contributed by atoms with E-state index in [4.69, 9.17) is 22.1 Å². The summed E-state index contributed by atoms with van der Waals surface area (Å²) in [6.07, 6.45) is 0. The summed E-state index contributed by atoms with van der Waals surface area (Å²) in [5, 5.41) is 0.634. The molecule has 2 N–H and O–H groups in total. The Morgan fingerprint density at radius 2 is 1.94 bits per heavy atom. The van der Waals surface area contributed by atoms with E-state index in [9.17, 15) is 4.39 Å². The van der Waals surface area contributed by atoms with E-state index in [1.807, 2.05) is 12.1 Å². The second kappa shape index (κ2) is 5.85. The third-order valence-corrected chi connectivity index (χ3v) is 2.75. The minimum atomic E-state index is -0.403. The summed E-state index contributed by atoms with van der Waals surface area (Å²) in [6.45, 7) is 0.588. The Kier molecular flexibility index (Phi) is 4.18. The lowest BCUT2D eigenvalue weighted by molar-refractivity contribution is 0.290. The number of ether oxygens (including phenoxy) is 1. The summed E-state index contributed by atoms with van der Waals surface area (Å²) in [5.74, 6) is -0.188. The molecule has 0 radical (unpaired) electrons. The molecule has 0 heterocycles. The van der Waals surface area contributed by atoms with Gasteiger partial charge in [0.1, 0.15) is 6.61 Å². The molecule has 94 valence electrons. The van der Waals surface area contributed by atoms with Crippen molar-refractivity contribution in [2.24, 2.45) is 5.73 Å². The Morgan fingerprint density at radius 1 is 1.11 bits per heavy atom. The van der Waals surface area contributed by atoms with E-state index < -0.39 is 5.82 Å². The standard InChI is InChI=1S/C14H13ClFNO/c15-12-3-1-2-11(6-12)9-18-14-5-4-10(8-17)7-13(14)16/h1-7H,8-9,17H2. The second-order valence-electron chi connectivity index (χ2n) is 3.89. The van der Waals surface area contributed by atoms with E-state index in [0.29, 0.717) is 11.6 Å². The summed E-state index contributed by atoms with van der Waals surface area (Å²) in [4.78, 5) is 0. The fourth-order valence-electron chi connectivity index (χ4n) is 1.58. The molecule has 0 aromatic heterocycles. The van der Waals surface area contributed by atoms with Gasteiger partial charge in [-0.1, -0.05) is 29.8 Å². The van der Waals surface area contributed by atoms with Gasteiger partial charge in [0.15, 0.2) is 11.6 Å². The topological polar surface area (TPSA) is 35.2 Å². The van der Waals surface area contributed by atoms with Gasteiger partial charge in [-0.05, 0) is 35.4 Å². The van der Waals surface area contributed by atoms with E-state index in [1.165, 1.54) is 6.07 Å². The van der Waals surface area contributed by atoms with E-state index in [0.717, 1.165) is 11.1 Å². The van der Waals surface area contributed by atoms with E-state index in [2.05, 4.69) is 0 Å². The van der Waals surface area contributed by atoms with Gasteiger partial charge in [-0.25, -0.2) is 4.39 Å². The Balaban J connectivity index is 2.06. The highest BCUT2D eigenvalue weighted by molar-refractivity contribution is 6.30. The fraction of sp³-hybridized carbons (Fsp3) is 0.143. The zero-order valence-electron chi connectivity index (χ0n) is 9.70. The summed E-state index contributed by atoms with van der Waals surface area (Å²) >= 11 is 5.85. The van der Waals surface area contributed by atoms with Gasteiger partial charge in [-0.3, -0.25) is 0 Å². The summed E-state index contributed by atoms with van der Waals surface area (Å²) in [7, 11) is 0. The van der Waals surface area contributed by atoms with Crippen molar-refractivity contribution in [2.75, 3.05) is 0 Å². The zero-order chi connectivity index (χ0) is 13.0. The van der Waals surface area contributed by atoms with Crippen molar-refractivity contribution in [3.63, 3.8) is 0 Å². The van der Waals surface area contributed by atoms with Crippen LogP contribution in [0.3, 0.4) is 0 Å². The van der Waals surface area contributed by atoms with Gasteiger partial charge in [-0.2, -0.15) is 0 Å². The van der Waals surface area contributed by atoms with Crippen LogP contribution in [0.2, 0.25) is 5.02 Å². The van der Waals surface area contributed by atoms with E-state index in [1.54, 1.807) is 24.3 Å². The van der Waals surface area contributed by atoms with Gasteiger partial charge >= 0.3 is 0 Å². The first kappa shape index (κ1) is 12.9. The molecule has 2 nitrogen and oxygen atoms in total. The van der Waals surface area contributed by atoms with Crippen LogP contribution in [0, 0.1) is 5.82 Å². The number of rotatable bonds is 4. The molecule has 18 heavy (non-hydrogen) atoms. The molecular weight excluding hydrogens is 253 g/mol. The molecule has 4 heteroatoms. The lowest BCUT2D eigenvalue weighted by atomic mass is 10.2. The van der Waals surface area contributed by atoms with Crippen molar-refractivity contribution in [1.29, 1.82) is 0 Å². The summed E-state index contributed by atoms with van der Waals surface area (Å²) in [6, 6.07) is 12.0. The lowest BCUT2D eigenvalue weighted by Crippen LogP contribution is -2.00. The van der Waals surface area contributed by atoms with Crippen molar-refractivity contribution in [3.05, 3.63) is 64.4 Å². The lowest BCUT2D eigenvalue weighted by Gasteiger charge is -2.08. The van der Waals surface area contributed by atoms with Crippen LogP contribution < -0.4 is 10.5 Å². The zero-order valence-corrected chi connectivity index (χ0v) is 10.5. The molecule has 0 bridgehead atoms. The quantitative estimate of drug-likeness (QED) is 0.918.